The lowest BCUT2D eigenvalue weighted by molar-refractivity contribution is -0.117. The van der Waals surface area contributed by atoms with Crippen molar-refractivity contribution in [2.45, 2.75) is 39.7 Å². The van der Waals surface area contributed by atoms with E-state index in [1.807, 2.05) is 13.8 Å². The first-order valence-corrected chi connectivity index (χ1v) is 4.81. The first-order chi connectivity index (χ1) is 6.79. The van der Waals surface area contributed by atoms with Crippen LogP contribution in [0.25, 0.3) is 0 Å². The first-order valence-electron chi connectivity index (χ1n) is 4.81. The summed E-state index contributed by atoms with van der Waals surface area (Å²) in [4.78, 5) is 11.5. The molecule has 0 aliphatic heterocycles. The van der Waals surface area contributed by atoms with Crippen LogP contribution in [0.2, 0.25) is 0 Å². The van der Waals surface area contributed by atoms with E-state index < -0.39 is 5.54 Å². The molecule has 1 aromatic rings. The summed E-state index contributed by atoms with van der Waals surface area (Å²) >= 11 is 0. The number of rotatable bonds is 3. The summed E-state index contributed by atoms with van der Waals surface area (Å²) < 4.78 is 4.96. The van der Waals surface area contributed by atoms with Crippen LogP contribution in [0.3, 0.4) is 0 Å². The van der Waals surface area contributed by atoms with Crippen LogP contribution in [0, 0.1) is 13.8 Å². The van der Waals surface area contributed by atoms with Crippen LogP contribution in [0.5, 0.6) is 0 Å². The number of carbonyl (C=O) groups excluding carboxylic acids is 1. The zero-order valence-corrected chi connectivity index (χ0v) is 9.55. The molecule has 1 aromatic heterocycles. The summed E-state index contributed by atoms with van der Waals surface area (Å²) in [6, 6.07) is 0. The van der Waals surface area contributed by atoms with Gasteiger partial charge in [0.15, 0.2) is 0 Å². The molecule has 1 amide bonds. The van der Waals surface area contributed by atoms with Gasteiger partial charge in [-0.25, -0.2) is 0 Å². The van der Waals surface area contributed by atoms with Gasteiger partial charge < -0.3 is 10.3 Å². The molecular weight excluding hydrogens is 194 g/mol. The number of carbonyl (C=O) groups is 1. The Kier molecular flexibility index (Phi) is 3.14. The topological polar surface area (TPSA) is 81.2 Å². The molecule has 84 valence electrons. The van der Waals surface area contributed by atoms with Crippen LogP contribution in [0.15, 0.2) is 4.52 Å². The number of anilines is 1. The molecule has 0 fully saturated rings. The second kappa shape index (κ2) is 4.02. The van der Waals surface area contributed by atoms with Gasteiger partial charge in [0.2, 0.25) is 11.8 Å². The van der Waals surface area contributed by atoms with Crippen molar-refractivity contribution in [2.75, 3.05) is 5.32 Å². The Morgan fingerprint density at radius 2 is 2.13 bits per heavy atom. The van der Waals surface area contributed by atoms with Gasteiger partial charge in [-0.3, -0.25) is 10.1 Å². The average molecular weight is 211 g/mol. The number of amides is 1. The largest absolute Gasteiger partial charge is 0.338 e. The normalized spacial score (nSPS) is 11.5. The van der Waals surface area contributed by atoms with Gasteiger partial charge in [-0.2, -0.15) is 0 Å². The molecule has 0 atom stereocenters. The summed E-state index contributed by atoms with van der Waals surface area (Å²) in [5, 5.41) is 6.38. The molecule has 1 rings (SSSR count). The lowest BCUT2D eigenvalue weighted by Gasteiger charge is -2.16. The number of nitrogens with zero attached hydrogens (tertiary/aromatic N) is 1. The highest BCUT2D eigenvalue weighted by Crippen LogP contribution is 2.18. The van der Waals surface area contributed by atoms with Crippen LogP contribution >= 0.6 is 0 Å². The van der Waals surface area contributed by atoms with E-state index >= 15 is 0 Å². The van der Waals surface area contributed by atoms with Crippen molar-refractivity contribution in [1.29, 1.82) is 0 Å². The maximum atomic E-state index is 11.5. The Bertz CT molecular complexity index is 363. The van der Waals surface area contributed by atoms with E-state index in [0.717, 1.165) is 11.3 Å². The molecule has 0 saturated heterocycles. The highest BCUT2D eigenvalue weighted by molar-refractivity contribution is 5.90. The third-order valence-corrected chi connectivity index (χ3v) is 2.03. The highest BCUT2D eigenvalue weighted by Gasteiger charge is 2.18. The van der Waals surface area contributed by atoms with E-state index in [9.17, 15) is 4.79 Å². The molecule has 0 aromatic carbocycles. The minimum Gasteiger partial charge on any atom is -0.338 e. The molecule has 3 N–H and O–H groups in total. The zero-order chi connectivity index (χ0) is 11.6. The maximum Gasteiger partial charge on any atom is 0.234 e. The zero-order valence-electron chi connectivity index (χ0n) is 9.55. The Morgan fingerprint density at radius 1 is 1.53 bits per heavy atom. The number of hydrogen-bond acceptors (Lipinski definition) is 4. The van der Waals surface area contributed by atoms with E-state index in [4.69, 9.17) is 10.3 Å². The van der Waals surface area contributed by atoms with Crippen molar-refractivity contribution in [3.05, 3.63) is 11.3 Å². The van der Waals surface area contributed by atoms with Crippen LogP contribution in [-0.4, -0.2) is 16.6 Å². The third kappa shape index (κ3) is 3.36. The number of aromatic nitrogens is 1. The van der Waals surface area contributed by atoms with E-state index in [0.29, 0.717) is 5.88 Å². The molecule has 15 heavy (non-hydrogen) atoms. The van der Waals surface area contributed by atoms with E-state index in [2.05, 4.69) is 10.5 Å². The minimum atomic E-state index is -0.521. The maximum absolute atomic E-state index is 11.5. The quantitative estimate of drug-likeness (QED) is 0.790. The molecule has 0 unspecified atom stereocenters. The van der Waals surface area contributed by atoms with Crippen LogP contribution in [0.4, 0.5) is 5.88 Å². The van der Waals surface area contributed by atoms with Crippen molar-refractivity contribution in [2.24, 2.45) is 5.73 Å². The van der Waals surface area contributed by atoms with Crippen LogP contribution < -0.4 is 11.1 Å². The summed E-state index contributed by atoms with van der Waals surface area (Å²) in [6.45, 7) is 7.26. The lowest BCUT2D eigenvalue weighted by atomic mass is 10.0. The summed E-state index contributed by atoms with van der Waals surface area (Å²) in [6.07, 6.45) is 0.242. The number of nitrogens with one attached hydrogen (secondary N) is 1. The fourth-order valence-electron chi connectivity index (χ4n) is 1.12. The number of hydrogen-bond donors (Lipinski definition) is 2. The highest BCUT2D eigenvalue weighted by atomic mass is 16.5. The van der Waals surface area contributed by atoms with Crippen molar-refractivity contribution in [1.82, 2.24) is 5.16 Å². The molecule has 0 saturated carbocycles. The molecule has 0 aliphatic carbocycles. The monoisotopic (exact) mass is 211 g/mol. The van der Waals surface area contributed by atoms with Gasteiger partial charge in [0, 0.05) is 17.5 Å². The predicted molar refractivity (Wildman–Crippen MR) is 57.5 cm³/mol. The molecule has 5 nitrogen and oxygen atoms in total. The molecular formula is C10H17N3O2. The van der Waals surface area contributed by atoms with E-state index in [1.54, 1.807) is 13.8 Å². The fraction of sp³-hybridized carbons (Fsp3) is 0.600. The van der Waals surface area contributed by atoms with Gasteiger partial charge in [0.1, 0.15) is 0 Å². The van der Waals surface area contributed by atoms with Crippen molar-refractivity contribution < 1.29 is 9.32 Å². The van der Waals surface area contributed by atoms with Gasteiger partial charge in [0.05, 0.1) is 5.69 Å². The Morgan fingerprint density at radius 3 is 2.53 bits per heavy atom. The Labute approximate surface area is 89.0 Å². The second-order valence-corrected chi connectivity index (χ2v) is 4.44. The Hall–Kier alpha value is -1.36. The summed E-state index contributed by atoms with van der Waals surface area (Å²) in [7, 11) is 0. The fourth-order valence-corrected chi connectivity index (χ4v) is 1.12. The van der Waals surface area contributed by atoms with Gasteiger partial charge >= 0.3 is 0 Å². The van der Waals surface area contributed by atoms with Crippen molar-refractivity contribution in [3.63, 3.8) is 0 Å². The van der Waals surface area contributed by atoms with Crippen LogP contribution in [0.1, 0.15) is 31.5 Å². The first kappa shape index (κ1) is 11.7. The lowest BCUT2D eigenvalue weighted by Crippen LogP contribution is -2.36. The molecule has 0 radical (unpaired) electrons. The summed E-state index contributed by atoms with van der Waals surface area (Å²) in [5.74, 6) is 0.239. The molecule has 0 aliphatic rings. The SMILES string of the molecule is Cc1noc(NC(=O)CC(C)(C)N)c1C. The molecule has 0 spiro atoms. The van der Waals surface area contributed by atoms with Crippen LogP contribution in [-0.2, 0) is 4.79 Å². The van der Waals surface area contributed by atoms with E-state index in [-0.39, 0.29) is 12.3 Å². The number of nitrogens with two attached hydrogens (primary N) is 1. The number of aryl methyl sites for hydroxylation is 1. The second-order valence-electron chi connectivity index (χ2n) is 4.44. The van der Waals surface area contributed by atoms with Crippen molar-refractivity contribution in [3.8, 4) is 0 Å². The summed E-state index contributed by atoms with van der Waals surface area (Å²) in [5.41, 5.74) is 6.83. The standard InChI is InChI=1S/C10H17N3O2/c1-6-7(2)13-15-9(6)12-8(14)5-10(3,4)11/h5,11H2,1-4H3,(H,12,14). The minimum absolute atomic E-state index is 0.165. The molecule has 0 bridgehead atoms. The third-order valence-electron chi connectivity index (χ3n) is 2.03. The Balaban J connectivity index is 2.63. The molecule has 1 heterocycles. The van der Waals surface area contributed by atoms with Crippen molar-refractivity contribution >= 4 is 11.8 Å². The predicted octanol–water partition coefficient (Wildman–Crippen LogP) is 1.36. The van der Waals surface area contributed by atoms with E-state index in [1.165, 1.54) is 0 Å². The van der Waals surface area contributed by atoms with Gasteiger partial charge in [0.25, 0.3) is 0 Å². The smallest absolute Gasteiger partial charge is 0.234 e. The van der Waals surface area contributed by atoms with Gasteiger partial charge in [-0.05, 0) is 27.7 Å². The van der Waals surface area contributed by atoms with Gasteiger partial charge in [-0.15, -0.1) is 0 Å². The molecule has 5 heteroatoms. The average Bonchev–Trinajstić information content (AvgIpc) is 2.32. The van der Waals surface area contributed by atoms with Gasteiger partial charge in [-0.1, -0.05) is 5.16 Å².